The van der Waals surface area contributed by atoms with Gasteiger partial charge in [0.1, 0.15) is 5.75 Å². The fraction of sp³-hybridized carbons (Fsp3) is 0.118. The van der Waals surface area contributed by atoms with Gasteiger partial charge in [-0.1, -0.05) is 30.3 Å². The Morgan fingerprint density at radius 1 is 0.952 bits per heavy atom. The zero-order valence-electron chi connectivity index (χ0n) is 11.6. The van der Waals surface area contributed by atoms with Gasteiger partial charge in [-0.15, -0.1) is 0 Å². The van der Waals surface area contributed by atoms with E-state index in [9.17, 15) is 9.90 Å². The SMILES string of the molecule is Cc1cc(C2=NC(=O)N=C(c3ccccc3)C2)ccc1O. The number of carbonyl (C=O) groups excluding carboxylic acids is 1. The lowest BCUT2D eigenvalue weighted by atomic mass is 9.98. The van der Waals surface area contributed by atoms with Gasteiger partial charge in [-0.05, 0) is 41.8 Å². The summed E-state index contributed by atoms with van der Waals surface area (Å²) >= 11 is 0. The van der Waals surface area contributed by atoms with E-state index in [0.717, 1.165) is 22.4 Å². The summed E-state index contributed by atoms with van der Waals surface area (Å²) in [4.78, 5) is 19.8. The minimum atomic E-state index is -0.485. The number of urea groups is 1. The number of aryl methyl sites for hydroxylation is 1. The first kappa shape index (κ1) is 13.2. The molecule has 0 saturated carbocycles. The first-order chi connectivity index (χ1) is 10.1. The van der Waals surface area contributed by atoms with E-state index in [4.69, 9.17) is 0 Å². The number of rotatable bonds is 2. The summed E-state index contributed by atoms with van der Waals surface area (Å²) < 4.78 is 0. The van der Waals surface area contributed by atoms with Crippen LogP contribution in [-0.2, 0) is 0 Å². The van der Waals surface area contributed by atoms with Crippen molar-refractivity contribution in [1.82, 2.24) is 0 Å². The van der Waals surface area contributed by atoms with Crippen LogP contribution in [0.2, 0.25) is 0 Å². The van der Waals surface area contributed by atoms with Crippen LogP contribution >= 0.6 is 0 Å². The molecule has 4 nitrogen and oxygen atoms in total. The van der Waals surface area contributed by atoms with Gasteiger partial charge >= 0.3 is 6.03 Å². The molecule has 3 rings (SSSR count). The number of amides is 2. The first-order valence-electron chi connectivity index (χ1n) is 6.68. The zero-order valence-corrected chi connectivity index (χ0v) is 11.6. The predicted molar refractivity (Wildman–Crippen MR) is 82.4 cm³/mol. The highest BCUT2D eigenvalue weighted by atomic mass is 16.3. The topological polar surface area (TPSA) is 62.0 Å². The standard InChI is InChI=1S/C17H14N2O2/c1-11-9-13(7-8-16(11)20)15-10-14(18-17(21)19-15)12-5-3-2-4-6-12/h2-9,20H,10H2,1H3. The number of phenolic OH excluding ortho intramolecular Hbond substituents is 1. The Balaban J connectivity index is 1.95. The Bertz CT molecular complexity index is 762. The summed E-state index contributed by atoms with van der Waals surface area (Å²) in [5.74, 6) is 0.235. The molecule has 104 valence electrons. The number of aliphatic imine (C=N–C) groups is 2. The molecule has 1 N–H and O–H groups in total. The third-order valence-electron chi connectivity index (χ3n) is 3.43. The average molecular weight is 278 g/mol. The van der Waals surface area contributed by atoms with E-state index >= 15 is 0 Å². The van der Waals surface area contributed by atoms with E-state index in [1.807, 2.05) is 43.3 Å². The molecule has 1 heterocycles. The number of benzene rings is 2. The van der Waals surface area contributed by atoms with Crippen LogP contribution in [0.1, 0.15) is 23.1 Å². The minimum Gasteiger partial charge on any atom is -0.508 e. The Labute approximate surface area is 122 Å². The van der Waals surface area contributed by atoms with Crippen molar-refractivity contribution < 1.29 is 9.90 Å². The molecule has 4 heteroatoms. The number of carbonyl (C=O) groups is 1. The second-order valence-electron chi connectivity index (χ2n) is 4.94. The van der Waals surface area contributed by atoms with Crippen molar-refractivity contribution in [1.29, 1.82) is 0 Å². The molecule has 1 aliphatic rings. The molecule has 0 atom stereocenters. The van der Waals surface area contributed by atoms with Crippen molar-refractivity contribution >= 4 is 17.5 Å². The number of nitrogens with zero attached hydrogens (tertiary/aromatic N) is 2. The van der Waals surface area contributed by atoms with Crippen LogP contribution in [-0.4, -0.2) is 22.6 Å². The van der Waals surface area contributed by atoms with Crippen LogP contribution in [0.4, 0.5) is 4.79 Å². The maximum Gasteiger partial charge on any atom is 0.367 e. The van der Waals surface area contributed by atoms with E-state index < -0.39 is 6.03 Å². The molecular weight excluding hydrogens is 264 g/mol. The van der Waals surface area contributed by atoms with E-state index in [-0.39, 0.29) is 5.75 Å². The molecule has 21 heavy (non-hydrogen) atoms. The normalized spacial score (nSPS) is 14.6. The van der Waals surface area contributed by atoms with Crippen molar-refractivity contribution in [2.45, 2.75) is 13.3 Å². The number of phenols is 1. The van der Waals surface area contributed by atoms with Crippen molar-refractivity contribution in [3.8, 4) is 5.75 Å². The smallest absolute Gasteiger partial charge is 0.367 e. The van der Waals surface area contributed by atoms with Gasteiger partial charge in [0.2, 0.25) is 0 Å². The summed E-state index contributed by atoms with van der Waals surface area (Å²) in [6.07, 6.45) is 0.500. The molecule has 0 saturated heterocycles. The summed E-state index contributed by atoms with van der Waals surface area (Å²) in [6.45, 7) is 1.82. The van der Waals surface area contributed by atoms with Crippen LogP contribution in [0.3, 0.4) is 0 Å². The lowest BCUT2D eigenvalue weighted by Crippen LogP contribution is -2.18. The fourth-order valence-electron chi connectivity index (χ4n) is 2.29. The van der Waals surface area contributed by atoms with Crippen LogP contribution in [0, 0.1) is 6.92 Å². The van der Waals surface area contributed by atoms with Crippen LogP contribution < -0.4 is 0 Å². The molecule has 0 bridgehead atoms. The average Bonchev–Trinajstić information content (AvgIpc) is 2.50. The Hall–Kier alpha value is -2.75. The van der Waals surface area contributed by atoms with Gasteiger partial charge in [0.05, 0.1) is 11.4 Å². The Morgan fingerprint density at radius 2 is 1.62 bits per heavy atom. The highest BCUT2D eigenvalue weighted by Gasteiger charge is 2.18. The summed E-state index contributed by atoms with van der Waals surface area (Å²) in [5, 5.41) is 9.59. The van der Waals surface area contributed by atoms with E-state index in [0.29, 0.717) is 12.1 Å². The number of aromatic hydroxyl groups is 1. The molecule has 0 aromatic heterocycles. The molecule has 2 aromatic carbocycles. The molecular formula is C17H14N2O2. The zero-order chi connectivity index (χ0) is 14.8. The lowest BCUT2D eigenvalue weighted by molar-refractivity contribution is 0.257. The quantitative estimate of drug-likeness (QED) is 0.913. The molecule has 0 unspecified atom stereocenters. The van der Waals surface area contributed by atoms with Crippen LogP contribution in [0.5, 0.6) is 5.75 Å². The van der Waals surface area contributed by atoms with Crippen molar-refractivity contribution in [2.75, 3.05) is 0 Å². The van der Waals surface area contributed by atoms with Gasteiger partial charge in [-0.2, -0.15) is 9.98 Å². The maximum atomic E-state index is 11.8. The fourth-order valence-corrected chi connectivity index (χ4v) is 2.29. The molecule has 1 aliphatic heterocycles. The maximum absolute atomic E-state index is 11.8. The van der Waals surface area contributed by atoms with E-state index in [2.05, 4.69) is 9.98 Å². The van der Waals surface area contributed by atoms with Gasteiger partial charge in [0, 0.05) is 6.42 Å². The van der Waals surface area contributed by atoms with Gasteiger partial charge in [-0.3, -0.25) is 0 Å². The van der Waals surface area contributed by atoms with Crippen molar-refractivity contribution in [2.24, 2.45) is 9.98 Å². The highest BCUT2D eigenvalue weighted by Crippen LogP contribution is 2.21. The second kappa shape index (κ2) is 5.32. The van der Waals surface area contributed by atoms with Crippen molar-refractivity contribution in [3.05, 3.63) is 65.2 Å². The molecule has 0 spiro atoms. The van der Waals surface area contributed by atoms with Crippen LogP contribution in [0.15, 0.2) is 58.5 Å². The summed E-state index contributed by atoms with van der Waals surface area (Å²) in [5.41, 5.74) is 3.91. The summed E-state index contributed by atoms with van der Waals surface area (Å²) in [7, 11) is 0. The number of hydrogen-bond donors (Lipinski definition) is 1. The van der Waals surface area contributed by atoms with E-state index in [1.165, 1.54) is 0 Å². The third-order valence-corrected chi connectivity index (χ3v) is 3.43. The monoisotopic (exact) mass is 278 g/mol. The highest BCUT2D eigenvalue weighted by molar-refractivity contribution is 6.24. The molecule has 0 aliphatic carbocycles. The van der Waals surface area contributed by atoms with E-state index in [1.54, 1.807) is 12.1 Å². The molecule has 0 radical (unpaired) electrons. The lowest BCUT2D eigenvalue weighted by Gasteiger charge is -2.13. The van der Waals surface area contributed by atoms with Gasteiger partial charge in [0.15, 0.2) is 0 Å². The first-order valence-corrected chi connectivity index (χ1v) is 6.68. The Morgan fingerprint density at radius 3 is 2.29 bits per heavy atom. The molecule has 2 amide bonds. The van der Waals surface area contributed by atoms with Crippen molar-refractivity contribution in [3.63, 3.8) is 0 Å². The van der Waals surface area contributed by atoms with Gasteiger partial charge in [-0.25, -0.2) is 4.79 Å². The predicted octanol–water partition coefficient (Wildman–Crippen LogP) is 3.50. The molecule has 0 fully saturated rings. The Kier molecular flexibility index (Phi) is 3.36. The van der Waals surface area contributed by atoms with Crippen LogP contribution in [0.25, 0.3) is 0 Å². The van der Waals surface area contributed by atoms with Gasteiger partial charge < -0.3 is 5.11 Å². The second-order valence-corrected chi connectivity index (χ2v) is 4.94. The third kappa shape index (κ3) is 2.74. The minimum absolute atomic E-state index is 0.235. The summed E-state index contributed by atoms with van der Waals surface area (Å²) in [6, 6.07) is 14.3. The van der Waals surface area contributed by atoms with Gasteiger partial charge in [0.25, 0.3) is 0 Å². The number of hydrogen-bond acceptors (Lipinski definition) is 2. The molecule has 2 aromatic rings. The largest absolute Gasteiger partial charge is 0.508 e.